The van der Waals surface area contributed by atoms with Gasteiger partial charge in [0.05, 0.1) is 17.2 Å². The highest BCUT2D eigenvalue weighted by Crippen LogP contribution is 2.14. The van der Waals surface area contributed by atoms with E-state index in [1.54, 1.807) is 35.5 Å². The van der Waals surface area contributed by atoms with Gasteiger partial charge < -0.3 is 4.90 Å². The second-order valence-electron chi connectivity index (χ2n) is 4.93. The first-order valence-corrected chi connectivity index (χ1v) is 7.82. The van der Waals surface area contributed by atoms with Gasteiger partial charge in [0, 0.05) is 30.0 Å². The number of pyridine rings is 1. The lowest BCUT2D eigenvalue weighted by atomic mass is 10.1. The number of aromatic nitrogens is 1. The molecule has 4 nitrogen and oxygen atoms in total. The summed E-state index contributed by atoms with van der Waals surface area (Å²) in [5.41, 5.74) is 2.19. The van der Waals surface area contributed by atoms with Gasteiger partial charge in [-0.15, -0.1) is 0 Å². The maximum atomic E-state index is 12.6. The number of nitrogens with zero attached hydrogens (tertiary/aromatic N) is 3. The van der Waals surface area contributed by atoms with Crippen molar-refractivity contribution in [2.24, 2.45) is 0 Å². The van der Waals surface area contributed by atoms with Crippen LogP contribution in [0.2, 0.25) is 0 Å². The van der Waals surface area contributed by atoms with Crippen molar-refractivity contribution >= 4 is 21.8 Å². The van der Waals surface area contributed by atoms with E-state index in [0.717, 1.165) is 16.5 Å². The van der Waals surface area contributed by atoms with Crippen molar-refractivity contribution in [3.63, 3.8) is 0 Å². The second kappa shape index (κ2) is 7.71. The molecule has 0 aliphatic heterocycles. The molecule has 2 rings (SSSR count). The molecule has 112 valence electrons. The summed E-state index contributed by atoms with van der Waals surface area (Å²) in [6.45, 7) is 3.23. The van der Waals surface area contributed by atoms with Crippen LogP contribution in [0, 0.1) is 11.3 Å². The van der Waals surface area contributed by atoms with E-state index < -0.39 is 0 Å². The Hall–Kier alpha value is -2.19. The highest BCUT2D eigenvalue weighted by Gasteiger charge is 2.16. The highest BCUT2D eigenvalue weighted by atomic mass is 79.9. The molecule has 0 aliphatic rings. The van der Waals surface area contributed by atoms with E-state index >= 15 is 0 Å². The number of amides is 1. The molecular weight excluding hydrogens is 342 g/mol. The molecule has 0 saturated carbocycles. The Morgan fingerprint density at radius 1 is 1.32 bits per heavy atom. The summed E-state index contributed by atoms with van der Waals surface area (Å²) in [5, 5.41) is 8.83. The number of carbonyl (C=O) groups excluding carboxylic acids is 1. The molecule has 5 heteroatoms. The smallest absolute Gasteiger partial charge is 0.255 e. The zero-order chi connectivity index (χ0) is 15.9. The van der Waals surface area contributed by atoms with E-state index in [9.17, 15) is 4.79 Å². The number of hydrogen-bond acceptors (Lipinski definition) is 3. The van der Waals surface area contributed by atoms with Gasteiger partial charge in [-0.25, -0.2) is 0 Å². The van der Waals surface area contributed by atoms with E-state index in [0.29, 0.717) is 24.2 Å². The van der Waals surface area contributed by atoms with Crippen LogP contribution in [0.4, 0.5) is 0 Å². The average molecular weight is 358 g/mol. The molecule has 0 saturated heterocycles. The summed E-state index contributed by atoms with van der Waals surface area (Å²) in [6.07, 6.45) is 4.11. The van der Waals surface area contributed by atoms with E-state index in [-0.39, 0.29) is 5.91 Å². The lowest BCUT2D eigenvalue weighted by molar-refractivity contribution is 0.0742. The van der Waals surface area contributed by atoms with Gasteiger partial charge in [-0.3, -0.25) is 9.78 Å². The summed E-state index contributed by atoms with van der Waals surface area (Å²) in [5.74, 6) is -0.0417. The summed E-state index contributed by atoms with van der Waals surface area (Å²) in [7, 11) is 0. The molecule has 1 aromatic heterocycles. The average Bonchev–Trinajstić information content (AvgIpc) is 2.54. The molecule has 1 aromatic carbocycles. The predicted molar refractivity (Wildman–Crippen MR) is 88.1 cm³/mol. The van der Waals surface area contributed by atoms with Crippen molar-refractivity contribution in [2.75, 3.05) is 6.54 Å². The zero-order valence-corrected chi connectivity index (χ0v) is 13.9. The van der Waals surface area contributed by atoms with Gasteiger partial charge in [0.2, 0.25) is 0 Å². The standard InChI is InChI=1S/C17H16BrN3O/c1-2-7-21(12-14-5-3-13(9-19)4-6-14)17(22)15-8-16(18)11-20-10-15/h3-6,8,10-11H,2,7,12H2,1H3. The number of carbonyl (C=O) groups is 1. The van der Waals surface area contributed by atoms with E-state index in [4.69, 9.17) is 5.26 Å². The predicted octanol–water partition coefficient (Wildman–Crippen LogP) is 3.77. The first-order chi connectivity index (χ1) is 10.6. The van der Waals surface area contributed by atoms with Crippen molar-refractivity contribution in [1.82, 2.24) is 9.88 Å². The molecule has 0 bridgehead atoms. The van der Waals surface area contributed by atoms with Gasteiger partial charge in [-0.1, -0.05) is 19.1 Å². The molecule has 1 heterocycles. The quantitative estimate of drug-likeness (QED) is 0.818. The van der Waals surface area contributed by atoms with Gasteiger partial charge in [-0.05, 0) is 46.1 Å². The third kappa shape index (κ3) is 4.15. The number of benzene rings is 1. The Morgan fingerprint density at radius 3 is 2.64 bits per heavy atom. The Morgan fingerprint density at radius 2 is 2.05 bits per heavy atom. The topological polar surface area (TPSA) is 57.0 Å². The van der Waals surface area contributed by atoms with Crippen LogP contribution < -0.4 is 0 Å². The first-order valence-electron chi connectivity index (χ1n) is 7.03. The summed E-state index contributed by atoms with van der Waals surface area (Å²) < 4.78 is 0.785. The minimum absolute atomic E-state index is 0.0417. The molecule has 0 spiro atoms. The molecule has 1 amide bonds. The third-order valence-corrected chi connectivity index (χ3v) is 3.62. The van der Waals surface area contributed by atoms with E-state index in [1.807, 2.05) is 19.1 Å². The van der Waals surface area contributed by atoms with Crippen LogP contribution in [0.25, 0.3) is 0 Å². The Balaban J connectivity index is 2.18. The highest BCUT2D eigenvalue weighted by molar-refractivity contribution is 9.10. The molecule has 0 atom stereocenters. The molecule has 0 unspecified atom stereocenters. The minimum Gasteiger partial charge on any atom is -0.334 e. The Bertz CT molecular complexity index is 692. The van der Waals surface area contributed by atoms with Gasteiger partial charge >= 0.3 is 0 Å². The summed E-state index contributed by atoms with van der Waals surface area (Å²) in [6, 6.07) is 11.2. The summed E-state index contributed by atoms with van der Waals surface area (Å²) >= 11 is 3.34. The fraction of sp³-hybridized carbons (Fsp3) is 0.235. The van der Waals surface area contributed by atoms with Gasteiger partial charge in [0.1, 0.15) is 0 Å². The lowest BCUT2D eigenvalue weighted by Gasteiger charge is -2.22. The Kier molecular flexibility index (Phi) is 5.68. The SMILES string of the molecule is CCCN(Cc1ccc(C#N)cc1)C(=O)c1cncc(Br)c1. The molecule has 2 aromatic rings. The minimum atomic E-state index is -0.0417. The normalized spacial score (nSPS) is 10.0. The van der Waals surface area contributed by atoms with E-state index in [2.05, 4.69) is 27.0 Å². The van der Waals surface area contributed by atoms with Gasteiger partial charge in [-0.2, -0.15) is 5.26 Å². The monoisotopic (exact) mass is 357 g/mol. The third-order valence-electron chi connectivity index (χ3n) is 3.19. The fourth-order valence-electron chi connectivity index (χ4n) is 2.14. The van der Waals surface area contributed by atoms with Crippen molar-refractivity contribution in [3.05, 3.63) is 63.9 Å². The van der Waals surface area contributed by atoms with Crippen LogP contribution in [0.15, 0.2) is 47.2 Å². The number of hydrogen-bond donors (Lipinski definition) is 0. The van der Waals surface area contributed by atoms with Crippen LogP contribution in [0.1, 0.15) is 34.8 Å². The number of nitriles is 1. The molecule has 0 aliphatic carbocycles. The lowest BCUT2D eigenvalue weighted by Crippen LogP contribution is -2.31. The molecule has 0 N–H and O–H groups in total. The van der Waals surface area contributed by atoms with Gasteiger partial charge in [0.25, 0.3) is 5.91 Å². The fourth-order valence-corrected chi connectivity index (χ4v) is 2.50. The maximum Gasteiger partial charge on any atom is 0.255 e. The number of rotatable bonds is 5. The zero-order valence-electron chi connectivity index (χ0n) is 12.3. The number of halogens is 1. The van der Waals surface area contributed by atoms with Gasteiger partial charge in [0.15, 0.2) is 0 Å². The molecule has 0 fully saturated rings. The van der Waals surface area contributed by atoms with Crippen molar-refractivity contribution in [3.8, 4) is 6.07 Å². The second-order valence-corrected chi connectivity index (χ2v) is 5.84. The summed E-state index contributed by atoms with van der Waals surface area (Å²) in [4.78, 5) is 18.5. The van der Waals surface area contributed by atoms with Crippen LogP contribution >= 0.6 is 15.9 Å². The molecule has 0 radical (unpaired) electrons. The maximum absolute atomic E-state index is 12.6. The van der Waals surface area contributed by atoms with E-state index in [1.165, 1.54) is 0 Å². The van der Waals surface area contributed by atoms with Crippen molar-refractivity contribution < 1.29 is 4.79 Å². The van der Waals surface area contributed by atoms with Crippen LogP contribution in [-0.2, 0) is 6.54 Å². The van der Waals surface area contributed by atoms with Crippen LogP contribution in [-0.4, -0.2) is 22.3 Å². The molecule has 22 heavy (non-hydrogen) atoms. The van der Waals surface area contributed by atoms with Crippen molar-refractivity contribution in [1.29, 1.82) is 5.26 Å². The Labute approximate surface area is 138 Å². The van der Waals surface area contributed by atoms with Crippen molar-refractivity contribution in [2.45, 2.75) is 19.9 Å². The van der Waals surface area contributed by atoms with Crippen LogP contribution in [0.5, 0.6) is 0 Å². The van der Waals surface area contributed by atoms with Crippen LogP contribution in [0.3, 0.4) is 0 Å². The largest absolute Gasteiger partial charge is 0.334 e. The first kappa shape index (κ1) is 16.2. The molecular formula is C17H16BrN3O.